The van der Waals surface area contributed by atoms with Gasteiger partial charge in [0, 0.05) is 18.0 Å². The summed E-state index contributed by atoms with van der Waals surface area (Å²) in [5, 5.41) is 5.56. The maximum Gasteiger partial charge on any atom is 0.231 e. The predicted molar refractivity (Wildman–Crippen MR) is 82.7 cm³/mol. The van der Waals surface area contributed by atoms with Crippen LogP contribution < -0.4 is 10.2 Å². The van der Waals surface area contributed by atoms with Gasteiger partial charge in [-0.3, -0.25) is 0 Å². The van der Waals surface area contributed by atoms with Crippen LogP contribution in [0.1, 0.15) is 23.3 Å². The molecular formula is C13H16ClN5S. The Balaban J connectivity index is 1.74. The molecule has 2 aromatic rings. The first-order valence-corrected chi connectivity index (χ1v) is 7.91. The van der Waals surface area contributed by atoms with Gasteiger partial charge in [-0.2, -0.15) is 15.0 Å². The van der Waals surface area contributed by atoms with E-state index >= 15 is 0 Å². The summed E-state index contributed by atoms with van der Waals surface area (Å²) in [6.45, 7) is 4.79. The molecule has 20 heavy (non-hydrogen) atoms. The molecule has 7 heteroatoms. The lowest BCUT2D eigenvalue weighted by atomic mass is 10.3. The van der Waals surface area contributed by atoms with Gasteiger partial charge in [0.2, 0.25) is 17.2 Å². The lowest BCUT2D eigenvalue weighted by Gasteiger charge is -2.15. The molecule has 0 unspecified atom stereocenters. The van der Waals surface area contributed by atoms with Crippen molar-refractivity contribution in [1.29, 1.82) is 0 Å². The van der Waals surface area contributed by atoms with Crippen molar-refractivity contribution in [2.75, 3.05) is 23.3 Å². The molecule has 5 nitrogen and oxygen atoms in total. The standard InChI is InChI=1S/C13H16ClN5S/c1-9-4-7-20-10(9)8-15-12-16-11(14)17-13(18-12)19-5-2-3-6-19/h4,7H,2-3,5-6,8H2,1H3,(H,15,16,17,18). The van der Waals surface area contributed by atoms with Crippen molar-refractivity contribution in [3.63, 3.8) is 0 Å². The van der Waals surface area contributed by atoms with Crippen LogP contribution in [0.4, 0.5) is 11.9 Å². The minimum Gasteiger partial charge on any atom is -0.349 e. The van der Waals surface area contributed by atoms with Gasteiger partial charge in [-0.05, 0) is 48.4 Å². The van der Waals surface area contributed by atoms with E-state index in [-0.39, 0.29) is 5.28 Å². The number of nitrogens with one attached hydrogen (secondary N) is 1. The van der Waals surface area contributed by atoms with E-state index in [9.17, 15) is 0 Å². The van der Waals surface area contributed by atoms with Crippen LogP contribution in [-0.2, 0) is 6.54 Å². The average molecular weight is 310 g/mol. The zero-order chi connectivity index (χ0) is 13.9. The summed E-state index contributed by atoms with van der Waals surface area (Å²) in [7, 11) is 0. The fourth-order valence-corrected chi connectivity index (χ4v) is 3.22. The second-order valence-electron chi connectivity index (χ2n) is 4.80. The molecule has 0 spiro atoms. The van der Waals surface area contributed by atoms with Gasteiger partial charge in [0.1, 0.15) is 0 Å². The van der Waals surface area contributed by atoms with E-state index in [0.29, 0.717) is 18.4 Å². The fraction of sp³-hybridized carbons (Fsp3) is 0.462. The molecule has 0 aromatic carbocycles. The van der Waals surface area contributed by atoms with Crippen LogP contribution in [0.3, 0.4) is 0 Å². The summed E-state index contributed by atoms with van der Waals surface area (Å²) in [6, 6.07) is 2.11. The second-order valence-corrected chi connectivity index (χ2v) is 6.14. The number of aromatic nitrogens is 3. The first kappa shape index (κ1) is 13.6. The molecule has 0 bridgehead atoms. The van der Waals surface area contributed by atoms with Gasteiger partial charge in [0.05, 0.1) is 6.54 Å². The van der Waals surface area contributed by atoms with E-state index in [2.05, 4.69) is 43.5 Å². The van der Waals surface area contributed by atoms with Gasteiger partial charge in [0.25, 0.3) is 0 Å². The Morgan fingerprint density at radius 1 is 1.30 bits per heavy atom. The Labute approximate surface area is 127 Å². The van der Waals surface area contributed by atoms with E-state index in [1.54, 1.807) is 11.3 Å². The highest BCUT2D eigenvalue weighted by Crippen LogP contribution is 2.20. The quantitative estimate of drug-likeness (QED) is 0.940. The molecule has 106 valence electrons. The lowest BCUT2D eigenvalue weighted by molar-refractivity contribution is 0.876. The van der Waals surface area contributed by atoms with E-state index in [1.807, 2.05) is 0 Å². The number of hydrogen-bond donors (Lipinski definition) is 1. The number of hydrogen-bond acceptors (Lipinski definition) is 6. The summed E-state index contributed by atoms with van der Waals surface area (Å²) >= 11 is 7.72. The fourth-order valence-electron chi connectivity index (χ4n) is 2.22. The van der Waals surface area contributed by atoms with Crippen molar-refractivity contribution in [1.82, 2.24) is 15.0 Å². The van der Waals surface area contributed by atoms with Crippen molar-refractivity contribution >= 4 is 34.8 Å². The third-order valence-corrected chi connectivity index (χ3v) is 4.55. The Morgan fingerprint density at radius 2 is 2.10 bits per heavy atom. The molecule has 0 amide bonds. The zero-order valence-electron chi connectivity index (χ0n) is 11.3. The molecule has 2 aromatic heterocycles. The van der Waals surface area contributed by atoms with Crippen molar-refractivity contribution in [3.8, 4) is 0 Å². The SMILES string of the molecule is Cc1ccsc1CNc1nc(Cl)nc(N2CCCC2)n1. The maximum atomic E-state index is 5.99. The maximum absolute atomic E-state index is 5.99. The smallest absolute Gasteiger partial charge is 0.231 e. The molecule has 1 aliphatic rings. The van der Waals surface area contributed by atoms with Gasteiger partial charge in [-0.1, -0.05) is 0 Å². The third kappa shape index (κ3) is 3.02. The van der Waals surface area contributed by atoms with E-state index < -0.39 is 0 Å². The number of rotatable bonds is 4. The van der Waals surface area contributed by atoms with Gasteiger partial charge in [0.15, 0.2) is 0 Å². The number of aryl methyl sites for hydroxylation is 1. The average Bonchev–Trinajstić information content (AvgIpc) is 3.07. The third-order valence-electron chi connectivity index (χ3n) is 3.36. The first-order valence-electron chi connectivity index (χ1n) is 6.66. The van der Waals surface area contributed by atoms with Crippen LogP contribution in [0.25, 0.3) is 0 Å². The molecular weight excluding hydrogens is 294 g/mol. The Morgan fingerprint density at radius 3 is 2.80 bits per heavy atom. The topological polar surface area (TPSA) is 53.9 Å². The van der Waals surface area contributed by atoms with Crippen molar-refractivity contribution < 1.29 is 0 Å². The van der Waals surface area contributed by atoms with Crippen LogP contribution in [-0.4, -0.2) is 28.0 Å². The molecule has 1 aliphatic heterocycles. The molecule has 0 radical (unpaired) electrons. The van der Waals surface area contributed by atoms with Crippen molar-refractivity contribution in [2.24, 2.45) is 0 Å². The minimum absolute atomic E-state index is 0.243. The van der Waals surface area contributed by atoms with E-state index in [4.69, 9.17) is 11.6 Å². The minimum atomic E-state index is 0.243. The van der Waals surface area contributed by atoms with Crippen LogP contribution in [0.2, 0.25) is 5.28 Å². The lowest BCUT2D eigenvalue weighted by Crippen LogP contribution is -2.21. The largest absolute Gasteiger partial charge is 0.349 e. The Bertz CT molecular complexity index is 594. The van der Waals surface area contributed by atoms with Crippen LogP contribution >= 0.6 is 22.9 Å². The summed E-state index contributed by atoms with van der Waals surface area (Å²) in [5.41, 5.74) is 1.28. The number of nitrogens with zero attached hydrogens (tertiary/aromatic N) is 4. The summed E-state index contributed by atoms with van der Waals surface area (Å²) < 4.78 is 0. The van der Waals surface area contributed by atoms with E-state index in [1.165, 1.54) is 23.3 Å². The molecule has 1 saturated heterocycles. The Hall–Kier alpha value is -1.40. The molecule has 0 saturated carbocycles. The molecule has 3 heterocycles. The predicted octanol–water partition coefficient (Wildman–Crippen LogP) is 3.11. The van der Waals surface area contributed by atoms with Crippen molar-refractivity contribution in [3.05, 3.63) is 27.2 Å². The molecule has 1 N–H and O–H groups in total. The highest BCUT2D eigenvalue weighted by molar-refractivity contribution is 7.10. The summed E-state index contributed by atoms with van der Waals surface area (Å²) in [6.07, 6.45) is 2.36. The highest BCUT2D eigenvalue weighted by atomic mass is 35.5. The number of halogens is 1. The van der Waals surface area contributed by atoms with Gasteiger partial charge in [-0.15, -0.1) is 11.3 Å². The van der Waals surface area contributed by atoms with Crippen molar-refractivity contribution in [2.45, 2.75) is 26.3 Å². The van der Waals surface area contributed by atoms with E-state index in [0.717, 1.165) is 13.1 Å². The number of thiophene rings is 1. The van der Waals surface area contributed by atoms with Crippen LogP contribution in [0.5, 0.6) is 0 Å². The molecule has 1 fully saturated rings. The molecule has 0 atom stereocenters. The monoisotopic (exact) mass is 309 g/mol. The summed E-state index contributed by atoms with van der Waals surface area (Å²) in [5.74, 6) is 1.22. The Kier molecular flexibility index (Phi) is 4.03. The molecule has 0 aliphatic carbocycles. The summed E-state index contributed by atoms with van der Waals surface area (Å²) in [4.78, 5) is 16.2. The zero-order valence-corrected chi connectivity index (χ0v) is 12.8. The number of anilines is 2. The highest BCUT2D eigenvalue weighted by Gasteiger charge is 2.17. The van der Waals surface area contributed by atoms with Crippen LogP contribution in [0, 0.1) is 6.92 Å². The normalized spacial score (nSPS) is 14.8. The molecule has 3 rings (SSSR count). The van der Waals surface area contributed by atoms with Gasteiger partial charge >= 0.3 is 0 Å². The van der Waals surface area contributed by atoms with Crippen LogP contribution in [0.15, 0.2) is 11.4 Å². The van der Waals surface area contributed by atoms with Gasteiger partial charge in [-0.25, -0.2) is 0 Å². The van der Waals surface area contributed by atoms with Gasteiger partial charge < -0.3 is 10.2 Å². The second kappa shape index (κ2) is 5.93. The first-order chi connectivity index (χ1) is 9.72.